The fraction of sp³-hybridized carbons (Fsp3) is 0.545. The largest absolute Gasteiger partial charge is 0.340 e. The van der Waals surface area contributed by atoms with Gasteiger partial charge in [0.05, 0.1) is 23.0 Å². The van der Waals surface area contributed by atoms with Gasteiger partial charge in [0.2, 0.25) is 5.89 Å². The van der Waals surface area contributed by atoms with Crippen molar-refractivity contribution in [3.63, 3.8) is 0 Å². The molecule has 0 bridgehead atoms. The van der Waals surface area contributed by atoms with Crippen molar-refractivity contribution in [1.82, 2.24) is 25.2 Å². The fourth-order valence-corrected chi connectivity index (χ4v) is 1.95. The predicted octanol–water partition coefficient (Wildman–Crippen LogP) is 1.85. The number of halogens is 1. The second-order valence-corrected chi connectivity index (χ2v) is 4.37. The van der Waals surface area contributed by atoms with Crippen LogP contribution in [-0.4, -0.2) is 19.9 Å². The Bertz CT molecular complexity index is 534. The first-order valence-corrected chi connectivity index (χ1v) is 6.21. The van der Waals surface area contributed by atoms with Gasteiger partial charge in [-0.15, -0.1) is 0 Å². The molecule has 0 radical (unpaired) electrons. The van der Waals surface area contributed by atoms with E-state index in [4.69, 9.17) is 16.1 Å². The third kappa shape index (κ3) is 2.70. The van der Waals surface area contributed by atoms with E-state index in [9.17, 15) is 0 Å². The average Bonchev–Trinajstić information content (AvgIpc) is 2.87. The molecular weight excluding hydrogens is 254 g/mol. The third-order valence-corrected chi connectivity index (χ3v) is 3.09. The smallest absolute Gasteiger partial charge is 0.223 e. The Labute approximate surface area is 110 Å². The molecule has 0 amide bonds. The van der Waals surface area contributed by atoms with Crippen LogP contribution in [0.15, 0.2) is 4.52 Å². The Balaban J connectivity index is 1.98. The zero-order chi connectivity index (χ0) is 13.1. The zero-order valence-electron chi connectivity index (χ0n) is 10.7. The van der Waals surface area contributed by atoms with Gasteiger partial charge in [0, 0.05) is 20.0 Å². The highest BCUT2D eigenvalue weighted by Crippen LogP contribution is 2.19. The van der Waals surface area contributed by atoms with Crippen LogP contribution in [0.2, 0.25) is 5.02 Å². The van der Waals surface area contributed by atoms with Gasteiger partial charge in [-0.3, -0.25) is 4.68 Å². The zero-order valence-corrected chi connectivity index (χ0v) is 11.5. The minimum Gasteiger partial charge on any atom is -0.340 e. The standard InChI is InChI=1S/C11H16ClN5O/c1-4-17-9(11(12)7(2)15-17)5-13-6-10-14-8(3)18-16-10/h13H,4-6H2,1-3H3. The third-order valence-electron chi connectivity index (χ3n) is 2.60. The van der Waals surface area contributed by atoms with Gasteiger partial charge in [0.15, 0.2) is 5.82 Å². The van der Waals surface area contributed by atoms with Crippen molar-refractivity contribution in [3.05, 3.63) is 28.1 Å². The number of rotatable bonds is 5. The van der Waals surface area contributed by atoms with Crippen molar-refractivity contribution in [1.29, 1.82) is 0 Å². The van der Waals surface area contributed by atoms with E-state index in [1.54, 1.807) is 6.92 Å². The molecule has 0 aliphatic rings. The van der Waals surface area contributed by atoms with Crippen LogP contribution >= 0.6 is 11.6 Å². The summed E-state index contributed by atoms with van der Waals surface area (Å²) in [6.45, 7) is 7.67. The number of hydrogen-bond acceptors (Lipinski definition) is 5. The Kier molecular flexibility index (Phi) is 3.98. The lowest BCUT2D eigenvalue weighted by Gasteiger charge is -2.05. The van der Waals surface area contributed by atoms with Gasteiger partial charge in [-0.1, -0.05) is 16.8 Å². The van der Waals surface area contributed by atoms with Crippen molar-refractivity contribution >= 4 is 11.6 Å². The van der Waals surface area contributed by atoms with Crippen LogP contribution in [0.5, 0.6) is 0 Å². The molecule has 6 nitrogen and oxygen atoms in total. The summed E-state index contributed by atoms with van der Waals surface area (Å²) >= 11 is 6.21. The van der Waals surface area contributed by atoms with Gasteiger partial charge in [0.1, 0.15) is 0 Å². The number of aromatic nitrogens is 4. The Hall–Kier alpha value is -1.40. The summed E-state index contributed by atoms with van der Waals surface area (Å²) in [4.78, 5) is 4.12. The summed E-state index contributed by atoms with van der Waals surface area (Å²) in [5.41, 5.74) is 1.84. The van der Waals surface area contributed by atoms with Gasteiger partial charge >= 0.3 is 0 Å². The summed E-state index contributed by atoms with van der Waals surface area (Å²) in [6.07, 6.45) is 0. The first-order chi connectivity index (χ1) is 8.61. The molecule has 0 fully saturated rings. The van der Waals surface area contributed by atoms with Gasteiger partial charge in [-0.2, -0.15) is 10.1 Å². The molecule has 2 heterocycles. The van der Waals surface area contributed by atoms with Crippen LogP contribution in [0.1, 0.15) is 30.0 Å². The maximum absolute atomic E-state index is 6.21. The highest BCUT2D eigenvalue weighted by molar-refractivity contribution is 6.31. The summed E-state index contributed by atoms with van der Waals surface area (Å²) < 4.78 is 6.79. The first kappa shape index (κ1) is 13.0. The van der Waals surface area contributed by atoms with Crippen molar-refractivity contribution in [2.45, 2.75) is 40.4 Å². The molecule has 0 spiro atoms. The van der Waals surface area contributed by atoms with Gasteiger partial charge in [0.25, 0.3) is 0 Å². The number of aryl methyl sites for hydroxylation is 3. The highest BCUT2D eigenvalue weighted by Gasteiger charge is 2.12. The minimum absolute atomic E-state index is 0.543. The molecule has 0 saturated carbocycles. The van der Waals surface area contributed by atoms with Gasteiger partial charge in [-0.05, 0) is 13.8 Å². The molecule has 0 aliphatic heterocycles. The van der Waals surface area contributed by atoms with E-state index in [-0.39, 0.29) is 0 Å². The highest BCUT2D eigenvalue weighted by atomic mass is 35.5. The monoisotopic (exact) mass is 269 g/mol. The lowest BCUT2D eigenvalue weighted by molar-refractivity contribution is 0.385. The van der Waals surface area contributed by atoms with Crippen molar-refractivity contribution < 1.29 is 4.52 Å². The van der Waals surface area contributed by atoms with Crippen molar-refractivity contribution in [2.24, 2.45) is 0 Å². The SMILES string of the molecule is CCn1nc(C)c(Cl)c1CNCc1noc(C)n1. The Morgan fingerprint density at radius 1 is 1.33 bits per heavy atom. The lowest BCUT2D eigenvalue weighted by atomic mass is 10.3. The van der Waals surface area contributed by atoms with E-state index < -0.39 is 0 Å². The molecule has 0 atom stereocenters. The summed E-state index contributed by atoms with van der Waals surface area (Å²) in [5.74, 6) is 1.21. The van der Waals surface area contributed by atoms with Crippen LogP contribution in [0.4, 0.5) is 0 Å². The fourth-order valence-electron chi connectivity index (χ4n) is 1.74. The molecule has 1 N–H and O–H groups in total. The summed E-state index contributed by atoms with van der Waals surface area (Å²) in [6, 6.07) is 0. The van der Waals surface area contributed by atoms with E-state index in [0.717, 1.165) is 17.9 Å². The minimum atomic E-state index is 0.543. The molecule has 0 unspecified atom stereocenters. The van der Waals surface area contributed by atoms with Crippen LogP contribution in [0, 0.1) is 13.8 Å². The molecule has 0 saturated heterocycles. The topological polar surface area (TPSA) is 68.8 Å². The second-order valence-electron chi connectivity index (χ2n) is 4.00. The van der Waals surface area contributed by atoms with E-state index in [1.165, 1.54) is 0 Å². The van der Waals surface area contributed by atoms with Crippen molar-refractivity contribution in [3.8, 4) is 0 Å². The maximum atomic E-state index is 6.21. The van der Waals surface area contributed by atoms with Crippen LogP contribution in [-0.2, 0) is 19.6 Å². The van der Waals surface area contributed by atoms with E-state index in [2.05, 4.69) is 20.6 Å². The second kappa shape index (κ2) is 5.49. The molecule has 18 heavy (non-hydrogen) atoms. The van der Waals surface area contributed by atoms with Crippen LogP contribution < -0.4 is 5.32 Å². The molecule has 2 aromatic heterocycles. The molecule has 2 rings (SSSR count). The van der Waals surface area contributed by atoms with E-state index in [1.807, 2.05) is 18.5 Å². The average molecular weight is 270 g/mol. The lowest BCUT2D eigenvalue weighted by Crippen LogP contribution is -2.17. The number of nitrogens with one attached hydrogen (secondary N) is 1. The molecule has 2 aromatic rings. The molecule has 0 aliphatic carbocycles. The molecule has 98 valence electrons. The normalized spacial score (nSPS) is 11.1. The number of nitrogens with zero attached hydrogens (tertiary/aromatic N) is 4. The van der Waals surface area contributed by atoms with Crippen molar-refractivity contribution in [2.75, 3.05) is 0 Å². The van der Waals surface area contributed by atoms with Crippen LogP contribution in [0.25, 0.3) is 0 Å². The quantitative estimate of drug-likeness (QED) is 0.897. The molecule has 0 aromatic carbocycles. The summed E-state index contributed by atoms with van der Waals surface area (Å²) in [5, 5.41) is 12.1. The van der Waals surface area contributed by atoms with E-state index >= 15 is 0 Å². The summed E-state index contributed by atoms with van der Waals surface area (Å²) in [7, 11) is 0. The Morgan fingerprint density at radius 2 is 2.11 bits per heavy atom. The molecule has 7 heteroatoms. The van der Waals surface area contributed by atoms with E-state index in [0.29, 0.717) is 29.8 Å². The molecular formula is C11H16ClN5O. The predicted molar refractivity (Wildman–Crippen MR) is 67.2 cm³/mol. The number of hydrogen-bond donors (Lipinski definition) is 1. The van der Waals surface area contributed by atoms with Gasteiger partial charge < -0.3 is 9.84 Å². The van der Waals surface area contributed by atoms with Gasteiger partial charge in [-0.25, -0.2) is 0 Å². The maximum Gasteiger partial charge on any atom is 0.223 e. The Morgan fingerprint density at radius 3 is 2.72 bits per heavy atom. The van der Waals surface area contributed by atoms with Crippen LogP contribution in [0.3, 0.4) is 0 Å². The first-order valence-electron chi connectivity index (χ1n) is 5.83.